The zero-order valence-corrected chi connectivity index (χ0v) is 7.00. The summed E-state index contributed by atoms with van der Waals surface area (Å²) in [6.07, 6.45) is 3.93. The van der Waals surface area contributed by atoms with Gasteiger partial charge < -0.3 is 9.74 Å². The maximum Gasteiger partial charge on any atom is 0.106 e. The third kappa shape index (κ3) is 7.43. The minimum absolute atomic E-state index is 0.992. The van der Waals surface area contributed by atoms with E-state index in [4.69, 9.17) is 0 Å². The predicted molar refractivity (Wildman–Crippen MR) is 43.3 cm³/mol. The molecule has 3 nitrogen and oxygen atoms in total. The molecule has 0 aromatic carbocycles. The van der Waals surface area contributed by atoms with E-state index in [1.54, 1.807) is 13.3 Å². The average Bonchev–Trinajstić information content (AvgIpc) is 1.87. The standard InChI is InChI=1S/C7H16N2O/c1-9(2)7-5-4-6-8-10-3/h6H,4-5,7H2,1-3H3/b8-6-. The number of oxime groups is 1. The van der Waals surface area contributed by atoms with E-state index >= 15 is 0 Å². The molecule has 0 N–H and O–H groups in total. The summed E-state index contributed by atoms with van der Waals surface area (Å²) in [7, 11) is 5.68. The van der Waals surface area contributed by atoms with Crippen LogP contribution in [-0.2, 0) is 4.84 Å². The Hall–Kier alpha value is -0.570. The number of hydrogen-bond acceptors (Lipinski definition) is 3. The minimum atomic E-state index is 0.992. The highest BCUT2D eigenvalue weighted by molar-refractivity contribution is 5.56. The van der Waals surface area contributed by atoms with E-state index in [0.717, 1.165) is 19.4 Å². The van der Waals surface area contributed by atoms with E-state index in [0.29, 0.717) is 0 Å². The van der Waals surface area contributed by atoms with Crippen LogP contribution < -0.4 is 0 Å². The molecule has 0 atom stereocenters. The van der Waals surface area contributed by atoms with Crippen molar-refractivity contribution >= 4 is 6.21 Å². The van der Waals surface area contributed by atoms with Gasteiger partial charge in [0.1, 0.15) is 7.11 Å². The maximum absolute atomic E-state index is 4.50. The molecule has 0 rings (SSSR count). The van der Waals surface area contributed by atoms with Gasteiger partial charge in [-0.05, 0) is 33.5 Å². The summed E-state index contributed by atoms with van der Waals surface area (Å²) < 4.78 is 0. The molecule has 0 amide bonds. The van der Waals surface area contributed by atoms with Crippen LogP contribution >= 0.6 is 0 Å². The molecule has 0 aliphatic carbocycles. The van der Waals surface area contributed by atoms with Gasteiger partial charge in [0.2, 0.25) is 0 Å². The van der Waals surface area contributed by atoms with Crippen LogP contribution in [0.2, 0.25) is 0 Å². The van der Waals surface area contributed by atoms with Crippen molar-refractivity contribution in [2.45, 2.75) is 12.8 Å². The van der Waals surface area contributed by atoms with Crippen LogP contribution in [0.3, 0.4) is 0 Å². The largest absolute Gasteiger partial charge is 0.399 e. The van der Waals surface area contributed by atoms with Gasteiger partial charge in [-0.25, -0.2) is 0 Å². The highest BCUT2D eigenvalue weighted by Gasteiger charge is 1.86. The van der Waals surface area contributed by atoms with Crippen LogP contribution in [0.5, 0.6) is 0 Å². The quantitative estimate of drug-likeness (QED) is 0.326. The van der Waals surface area contributed by atoms with Crippen LogP contribution in [0.4, 0.5) is 0 Å². The number of hydrogen-bond donors (Lipinski definition) is 0. The van der Waals surface area contributed by atoms with Gasteiger partial charge >= 0.3 is 0 Å². The Morgan fingerprint density at radius 1 is 1.50 bits per heavy atom. The molecule has 0 saturated heterocycles. The Kier molecular flexibility index (Phi) is 6.18. The molecule has 0 radical (unpaired) electrons. The van der Waals surface area contributed by atoms with Crippen LogP contribution in [0.15, 0.2) is 5.16 Å². The fourth-order valence-electron chi connectivity index (χ4n) is 0.626. The number of rotatable bonds is 5. The molecule has 0 aliphatic heterocycles. The fraction of sp³-hybridized carbons (Fsp3) is 0.857. The Morgan fingerprint density at radius 2 is 2.20 bits per heavy atom. The lowest BCUT2D eigenvalue weighted by Crippen LogP contribution is -2.12. The predicted octanol–water partition coefficient (Wildman–Crippen LogP) is 0.960. The third-order valence-electron chi connectivity index (χ3n) is 1.12. The van der Waals surface area contributed by atoms with Crippen molar-refractivity contribution in [3.05, 3.63) is 0 Å². The molecule has 0 heterocycles. The van der Waals surface area contributed by atoms with E-state index in [2.05, 4.69) is 29.0 Å². The first kappa shape index (κ1) is 9.43. The van der Waals surface area contributed by atoms with Gasteiger partial charge in [0.05, 0.1) is 0 Å². The zero-order chi connectivity index (χ0) is 7.82. The zero-order valence-electron chi connectivity index (χ0n) is 7.00. The van der Waals surface area contributed by atoms with E-state index in [9.17, 15) is 0 Å². The molecular weight excluding hydrogens is 128 g/mol. The molecule has 3 heteroatoms. The smallest absolute Gasteiger partial charge is 0.106 e. The minimum Gasteiger partial charge on any atom is -0.399 e. The molecule has 0 aromatic heterocycles. The Morgan fingerprint density at radius 3 is 2.70 bits per heavy atom. The molecule has 0 spiro atoms. The fourth-order valence-corrected chi connectivity index (χ4v) is 0.626. The summed E-state index contributed by atoms with van der Waals surface area (Å²) in [4.78, 5) is 6.66. The lowest BCUT2D eigenvalue weighted by molar-refractivity contribution is 0.214. The molecule has 0 aliphatic rings. The van der Waals surface area contributed by atoms with Crippen LogP contribution in [0, 0.1) is 0 Å². The lowest BCUT2D eigenvalue weighted by Gasteiger charge is -2.06. The molecule has 10 heavy (non-hydrogen) atoms. The summed E-state index contributed by atoms with van der Waals surface area (Å²) in [5, 5.41) is 3.63. The monoisotopic (exact) mass is 144 g/mol. The van der Waals surface area contributed by atoms with Gasteiger partial charge in [-0.15, -0.1) is 0 Å². The molecular formula is C7H16N2O. The molecule has 0 saturated carbocycles. The van der Waals surface area contributed by atoms with Gasteiger partial charge in [-0.2, -0.15) is 0 Å². The second-order valence-electron chi connectivity index (χ2n) is 2.42. The molecule has 60 valence electrons. The van der Waals surface area contributed by atoms with Crippen molar-refractivity contribution in [2.24, 2.45) is 5.16 Å². The van der Waals surface area contributed by atoms with Gasteiger partial charge in [0, 0.05) is 6.21 Å². The van der Waals surface area contributed by atoms with Crippen molar-refractivity contribution in [3.8, 4) is 0 Å². The lowest BCUT2D eigenvalue weighted by atomic mass is 10.3. The molecule has 0 unspecified atom stereocenters. The summed E-state index contributed by atoms with van der Waals surface area (Å²) >= 11 is 0. The van der Waals surface area contributed by atoms with Gasteiger partial charge in [0.15, 0.2) is 0 Å². The van der Waals surface area contributed by atoms with E-state index in [1.165, 1.54) is 0 Å². The van der Waals surface area contributed by atoms with Crippen molar-refractivity contribution in [1.82, 2.24) is 4.90 Å². The first-order chi connectivity index (χ1) is 4.77. The average molecular weight is 144 g/mol. The van der Waals surface area contributed by atoms with Crippen LogP contribution in [-0.4, -0.2) is 38.9 Å². The van der Waals surface area contributed by atoms with Gasteiger partial charge in [-0.3, -0.25) is 0 Å². The third-order valence-corrected chi connectivity index (χ3v) is 1.12. The normalized spacial score (nSPS) is 11.2. The van der Waals surface area contributed by atoms with Gasteiger partial charge in [0.25, 0.3) is 0 Å². The summed E-state index contributed by atoms with van der Waals surface area (Å²) in [5.74, 6) is 0. The maximum atomic E-state index is 4.50. The molecule has 0 fully saturated rings. The van der Waals surface area contributed by atoms with Crippen LogP contribution in [0.1, 0.15) is 12.8 Å². The number of nitrogens with zero attached hydrogens (tertiary/aromatic N) is 2. The SMILES string of the molecule is CO/N=C\CCCN(C)C. The van der Waals surface area contributed by atoms with Crippen molar-refractivity contribution < 1.29 is 4.84 Å². The molecule has 0 bridgehead atoms. The Bertz CT molecular complexity index is 91.6. The Labute approximate surface area is 62.7 Å². The first-order valence-corrected chi connectivity index (χ1v) is 3.47. The summed E-state index contributed by atoms with van der Waals surface area (Å²) in [6, 6.07) is 0. The summed E-state index contributed by atoms with van der Waals surface area (Å²) in [5.41, 5.74) is 0. The second kappa shape index (κ2) is 6.55. The Balaban J connectivity index is 2.97. The van der Waals surface area contributed by atoms with E-state index in [1.807, 2.05) is 0 Å². The van der Waals surface area contributed by atoms with Crippen molar-refractivity contribution in [1.29, 1.82) is 0 Å². The molecule has 0 aromatic rings. The highest BCUT2D eigenvalue weighted by Crippen LogP contribution is 1.86. The number of unbranched alkanes of at least 4 members (excludes halogenated alkanes) is 1. The van der Waals surface area contributed by atoms with Crippen LogP contribution in [0.25, 0.3) is 0 Å². The van der Waals surface area contributed by atoms with Crippen molar-refractivity contribution in [3.63, 3.8) is 0 Å². The second-order valence-corrected chi connectivity index (χ2v) is 2.42. The highest BCUT2D eigenvalue weighted by atomic mass is 16.6. The first-order valence-electron chi connectivity index (χ1n) is 3.47. The van der Waals surface area contributed by atoms with Crippen molar-refractivity contribution in [2.75, 3.05) is 27.7 Å². The summed E-state index contributed by atoms with van der Waals surface area (Å²) in [6.45, 7) is 1.11. The van der Waals surface area contributed by atoms with E-state index in [-0.39, 0.29) is 0 Å². The van der Waals surface area contributed by atoms with Gasteiger partial charge in [-0.1, -0.05) is 5.16 Å². The topological polar surface area (TPSA) is 24.8 Å². The van der Waals surface area contributed by atoms with E-state index < -0.39 is 0 Å².